The maximum atomic E-state index is 12.8. The SMILES string of the molecule is CC(=O)N1CCN(C(=O)c2ccnc(C(=O)Nc3ccc(N(C)C)cc3)c2)CC1. The fraction of sp³-hybridized carbons (Fsp3) is 0.333. The molecule has 1 aromatic carbocycles. The molecule has 1 saturated heterocycles. The minimum atomic E-state index is -0.376. The molecule has 0 radical (unpaired) electrons. The zero-order chi connectivity index (χ0) is 21.0. The molecular weight excluding hydrogens is 370 g/mol. The third-order valence-corrected chi connectivity index (χ3v) is 4.89. The molecule has 1 fully saturated rings. The van der Waals surface area contributed by atoms with Gasteiger partial charge in [-0.05, 0) is 36.4 Å². The standard InChI is InChI=1S/C21H25N5O3/c1-15(27)25-10-12-26(13-11-25)21(29)16-8-9-22-19(14-16)20(28)23-17-4-6-18(7-5-17)24(2)3/h4-9,14H,10-13H2,1-3H3,(H,23,28). The number of rotatable bonds is 4. The summed E-state index contributed by atoms with van der Waals surface area (Å²) in [6.45, 7) is 3.51. The zero-order valence-corrected chi connectivity index (χ0v) is 16.9. The fourth-order valence-electron chi connectivity index (χ4n) is 3.13. The highest BCUT2D eigenvalue weighted by molar-refractivity contribution is 6.04. The molecule has 1 aliphatic rings. The van der Waals surface area contributed by atoms with Gasteiger partial charge >= 0.3 is 0 Å². The smallest absolute Gasteiger partial charge is 0.274 e. The van der Waals surface area contributed by atoms with Crippen molar-refractivity contribution in [3.63, 3.8) is 0 Å². The van der Waals surface area contributed by atoms with E-state index in [2.05, 4.69) is 10.3 Å². The van der Waals surface area contributed by atoms with E-state index in [0.29, 0.717) is 37.4 Å². The number of pyridine rings is 1. The van der Waals surface area contributed by atoms with Crippen molar-refractivity contribution < 1.29 is 14.4 Å². The van der Waals surface area contributed by atoms with Gasteiger partial charge in [0.2, 0.25) is 5.91 Å². The molecule has 0 aliphatic carbocycles. The second-order valence-corrected chi connectivity index (χ2v) is 7.12. The fourth-order valence-corrected chi connectivity index (χ4v) is 3.13. The van der Waals surface area contributed by atoms with E-state index in [9.17, 15) is 14.4 Å². The van der Waals surface area contributed by atoms with E-state index < -0.39 is 0 Å². The lowest BCUT2D eigenvalue weighted by Gasteiger charge is -2.34. The van der Waals surface area contributed by atoms with Crippen LogP contribution < -0.4 is 10.2 Å². The first-order valence-electron chi connectivity index (χ1n) is 9.45. The van der Waals surface area contributed by atoms with Crippen LogP contribution in [0, 0.1) is 0 Å². The number of piperazine rings is 1. The van der Waals surface area contributed by atoms with Crippen molar-refractivity contribution in [2.75, 3.05) is 50.5 Å². The molecule has 8 heteroatoms. The van der Waals surface area contributed by atoms with Crippen molar-refractivity contribution in [3.8, 4) is 0 Å². The van der Waals surface area contributed by atoms with E-state index in [0.717, 1.165) is 5.69 Å². The number of hydrogen-bond acceptors (Lipinski definition) is 5. The normalized spacial score (nSPS) is 13.8. The molecular formula is C21H25N5O3. The summed E-state index contributed by atoms with van der Waals surface area (Å²) in [6, 6.07) is 10.5. The average molecular weight is 395 g/mol. The van der Waals surface area contributed by atoms with Gasteiger partial charge < -0.3 is 20.0 Å². The van der Waals surface area contributed by atoms with E-state index in [1.54, 1.807) is 15.9 Å². The third kappa shape index (κ3) is 4.90. The summed E-state index contributed by atoms with van der Waals surface area (Å²) < 4.78 is 0. The summed E-state index contributed by atoms with van der Waals surface area (Å²) in [5.74, 6) is -0.530. The maximum absolute atomic E-state index is 12.8. The molecule has 1 N–H and O–H groups in total. The molecule has 0 unspecified atom stereocenters. The Bertz CT molecular complexity index is 903. The highest BCUT2D eigenvalue weighted by Gasteiger charge is 2.24. The lowest BCUT2D eigenvalue weighted by Crippen LogP contribution is -2.50. The predicted octanol–water partition coefficient (Wildman–Crippen LogP) is 1.70. The molecule has 1 aromatic heterocycles. The number of nitrogens with one attached hydrogen (secondary N) is 1. The van der Waals surface area contributed by atoms with Gasteiger partial charge in [0.25, 0.3) is 11.8 Å². The molecule has 2 aromatic rings. The summed E-state index contributed by atoms with van der Waals surface area (Å²) in [5.41, 5.74) is 2.26. The van der Waals surface area contributed by atoms with Crippen LogP contribution in [0.15, 0.2) is 42.6 Å². The highest BCUT2D eigenvalue weighted by atomic mass is 16.2. The van der Waals surface area contributed by atoms with Gasteiger partial charge in [0.15, 0.2) is 0 Å². The van der Waals surface area contributed by atoms with Crippen LogP contribution in [0.1, 0.15) is 27.8 Å². The molecule has 3 rings (SSSR count). The largest absolute Gasteiger partial charge is 0.378 e. The molecule has 29 heavy (non-hydrogen) atoms. The minimum Gasteiger partial charge on any atom is -0.378 e. The Kier molecular flexibility index (Phi) is 6.11. The number of aromatic nitrogens is 1. The van der Waals surface area contributed by atoms with Crippen molar-refractivity contribution >= 4 is 29.1 Å². The van der Waals surface area contributed by atoms with Gasteiger partial charge in [0.05, 0.1) is 0 Å². The molecule has 2 heterocycles. The summed E-state index contributed by atoms with van der Waals surface area (Å²) in [7, 11) is 3.89. The molecule has 3 amide bonds. The average Bonchev–Trinajstić information content (AvgIpc) is 2.73. The van der Waals surface area contributed by atoms with Crippen LogP contribution >= 0.6 is 0 Å². The van der Waals surface area contributed by atoms with E-state index in [-0.39, 0.29) is 23.4 Å². The quantitative estimate of drug-likeness (QED) is 0.852. The zero-order valence-electron chi connectivity index (χ0n) is 16.9. The second-order valence-electron chi connectivity index (χ2n) is 7.12. The first kappa shape index (κ1) is 20.3. The van der Waals surface area contributed by atoms with Crippen LogP contribution in [0.25, 0.3) is 0 Å². The predicted molar refractivity (Wildman–Crippen MR) is 111 cm³/mol. The number of carbonyl (C=O) groups excluding carboxylic acids is 3. The Labute approximate surface area is 170 Å². The minimum absolute atomic E-state index is 0.0126. The van der Waals surface area contributed by atoms with E-state index in [1.807, 2.05) is 43.3 Å². The maximum Gasteiger partial charge on any atom is 0.274 e. The summed E-state index contributed by atoms with van der Waals surface area (Å²) in [5, 5.41) is 2.80. The van der Waals surface area contributed by atoms with Crippen LogP contribution in [-0.4, -0.2) is 72.8 Å². The van der Waals surface area contributed by atoms with Crippen LogP contribution in [0.5, 0.6) is 0 Å². The van der Waals surface area contributed by atoms with Gasteiger partial charge in [-0.25, -0.2) is 0 Å². The molecule has 8 nitrogen and oxygen atoms in total. The molecule has 152 valence electrons. The lowest BCUT2D eigenvalue weighted by atomic mass is 10.1. The number of benzene rings is 1. The number of amides is 3. The van der Waals surface area contributed by atoms with Gasteiger partial charge in [-0.1, -0.05) is 0 Å². The Hall–Kier alpha value is -3.42. The molecule has 0 spiro atoms. The van der Waals surface area contributed by atoms with Crippen molar-refractivity contribution in [2.45, 2.75) is 6.92 Å². The van der Waals surface area contributed by atoms with Gasteiger partial charge in [-0.15, -0.1) is 0 Å². The highest BCUT2D eigenvalue weighted by Crippen LogP contribution is 2.17. The number of anilines is 2. The molecule has 0 atom stereocenters. The summed E-state index contributed by atoms with van der Waals surface area (Å²) >= 11 is 0. The van der Waals surface area contributed by atoms with Crippen LogP contribution in [0.3, 0.4) is 0 Å². The number of nitrogens with zero attached hydrogens (tertiary/aromatic N) is 4. The van der Waals surface area contributed by atoms with Gasteiger partial charge in [0.1, 0.15) is 5.69 Å². The van der Waals surface area contributed by atoms with Crippen LogP contribution in [0.2, 0.25) is 0 Å². The lowest BCUT2D eigenvalue weighted by molar-refractivity contribution is -0.130. The van der Waals surface area contributed by atoms with E-state index >= 15 is 0 Å². The Morgan fingerprint density at radius 3 is 2.17 bits per heavy atom. The first-order chi connectivity index (χ1) is 13.8. The second kappa shape index (κ2) is 8.72. The summed E-state index contributed by atoms with van der Waals surface area (Å²) in [4.78, 5) is 46.2. The Balaban J connectivity index is 1.66. The Morgan fingerprint density at radius 1 is 0.966 bits per heavy atom. The van der Waals surface area contributed by atoms with Crippen molar-refractivity contribution in [1.82, 2.24) is 14.8 Å². The monoisotopic (exact) mass is 395 g/mol. The van der Waals surface area contributed by atoms with Crippen LogP contribution in [-0.2, 0) is 4.79 Å². The van der Waals surface area contributed by atoms with Crippen molar-refractivity contribution in [1.29, 1.82) is 0 Å². The number of carbonyl (C=O) groups is 3. The van der Waals surface area contributed by atoms with Crippen molar-refractivity contribution in [3.05, 3.63) is 53.9 Å². The van der Waals surface area contributed by atoms with Crippen molar-refractivity contribution in [2.24, 2.45) is 0 Å². The third-order valence-electron chi connectivity index (χ3n) is 4.89. The Morgan fingerprint density at radius 2 is 1.59 bits per heavy atom. The number of hydrogen-bond donors (Lipinski definition) is 1. The van der Waals surface area contributed by atoms with E-state index in [1.165, 1.54) is 19.2 Å². The van der Waals surface area contributed by atoms with Gasteiger partial charge in [-0.3, -0.25) is 19.4 Å². The molecule has 0 bridgehead atoms. The topological polar surface area (TPSA) is 85.9 Å². The molecule has 0 saturated carbocycles. The van der Waals surface area contributed by atoms with E-state index in [4.69, 9.17) is 0 Å². The van der Waals surface area contributed by atoms with Crippen LogP contribution in [0.4, 0.5) is 11.4 Å². The van der Waals surface area contributed by atoms with Gasteiger partial charge in [-0.2, -0.15) is 0 Å². The first-order valence-corrected chi connectivity index (χ1v) is 9.45. The van der Waals surface area contributed by atoms with Gasteiger partial charge in [0, 0.05) is 70.3 Å². The summed E-state index contributed by atoms with van der Waals surface area (Å²) in [6.07, 6.45) is 1.46. The molecule has 1 aliphatic heterocycles.